The first kappa shape index (κ1) is 21.0. The Balaban J connectivity index is 1.99. The third-order valence-corrected chi connectivity index (χ3v) is 5.93. The number of aromatic hydroxyl groups is 1. The van der Waals surface area contributed by atoms with E-state index in [0.29, 0.717) is 32.6 Å². The van der Waals surface area contributed by atoms with Crippen LogP contribution in [0.15, 0.2) is 48.5 Å². The Bertz CT molecular complexity index is 1300. The van der Waals surface area contributed by atoms with Gasteiger partial charge in [-0.15, -0.1) is 0 Å². The van der Waals surface area contributed by atoms with Crippen LogP contribution >= 0.6 is 23.2 Å². The van der Waals surface area contributed by atoms with Crippen LogP contribution in [0.5, 0.6) is 5.88 Å². The molecule has 0 amide bonds. The van der Waals surface area contributed by atoms with Gasteiger partial charge < -0.3 is 9.84 Å². The average Bonchev–Trinajstić information content (AvgIpc) is 3.01. The lowest BCUT2D eigenvalue weighted by Crippen LogP contribution is -2.07. The highest BCUT2D eigenvalue weighted by molar-refractivity contribution is 6.42. The highest BCUT2D eigenvalue weighted by atomic mass is 35.5. The lowest BCUT2D eigenvalue weighted by Gasteiger charge is -2.13. The van der Waals surface area contributed by atoms with Crippen molar-refractivity contribution in [2.75, 3.05) is 7.11 Å². The van der Waals surface area contributed by atoms with Gasteiger partial charge in [0.1, 0.15) is 0 Å². The fraction of sp³-hybridized carbons (Fsp3) is 0.0833. The Morgan fingerprint density at radius 1 is 1.10 bits per heavy atom. The van der Waals surface area contributed by atoms with E-state index in [4.69, 9.17) is 27.9 Å². The Labute approximate surface area is 188 Å². The van der Waals surface area contributed by atoms with E-state index in [9.17, 15) is 14.7 Å². The van der Waals surface area contributed by atoms with E-state index in [-0.39, 0.29) is 22.8 Å². The first-order valence-electron chi connectivity index (χ1n) is 9.35. The average molecular weight is 454 g/mol. The Kier molecular flexibility index (Phi) is 5.48. The van der Waals surface area contributed by atoms with E-state index in [1.807, 2.05) is 24.3 Å². The molecule has 0 spiro atoms. The van der Waals surface area contributed by atoms with Crippen LogP contribution in [0.1, 0.15) is 32.7 Å². The Hall–Kier alpha value is -3.28. The summed E-state index contributed by atoms with van der Waals surface area (Å²) >= 11 is 12.2. The molecule has 0 atom stereocenters. The molecule has 7 heteroatoms. The van der Waals surface area contributed by atoms with Crippen LogP contribution in [0.4, 0.5) is 0 Å². The van der Waals surface area contributed by atoms with Crippen molar-refractivity contribution in [3.63, 3.8) is 0 Å². The molecule has 4 rings (SSSR count). The van der Waals surface area contributed by atoms with Gasteiger partial charge in [0.05, 0.1) is 34.0 Å². The van der Waals surface area contributed by atoms with E-state index >= 15 is 0 Å². The van der Waals surface area contributed by atoms with Gasteiger partial charge in [0.15, 0.2) is 5.78 Å². The molecule has 3 aromatic rings. The van der Waals surface area contributed by atoms with Crippen molar-refractivity contribution in [2.24, 2.45) is 0 Å². The maximum absolute atomic E-state index is 12.7. The predicted molar refractivity (Wildman–Crippen MR) is 122 cm³/mol. The zero-order chi connectivity index (χ0) is 22.3. The molecule has 0 bridgehead atoms. The standard InChI is InChI=1S/C24H17Cl2NO4/c1-13-22(24(30)31-2)18(23(29)27(13)15-8-9-19(25)20(26)11-15)12-17-16-6-4-3-5-14(16)7-10-21(17)28/h3-12,29H,1-2H3. The van der Waals surface area contributed by atoms with E-state index in [1.54, 1.807) is 31.2 Å². The monoisotopic (exact) mass is 453 g/mol. The lowest BCUT2D eigenvalue weighted by atomic mass is 9.90. The molecule has 156 valence electrons. The van der Waals surface area contributed by atoms with Crippen LogP contribution in [0.25, 0.3) is 23.4 Å². The molecular formula is C24H17Cl2NO4. The van der Waals surface area contributed by atoms with Crippen molar-refractivity contribution < 1.29 is 19.4 Å². The predicted octanol–water partition coefficient (Wildman–Crippen LogP) is 5.72. The van der Waals surface area contributed by atoms with Crippen molar-refractivity contribution in [1.29, 1.82) is 0 Å². The number of ether oxygens (including phenoxy) is 1. The number of hydrogen-bond acceptors (Lipinski definition) is 4. The smallest absolute Gasteiger partial charge is 0.340 e. The number of halogens is 2. The summed E-state index contributed by atoms with van der Waals surface area (Å²) in [6.07, 6.45) is 4.72. The SMILES string of the molecule is COC(=O)c1c(C=C2C(=O)C=Cc3ccccc32)c(O)n(-c2ccc(Cl)c(Cl)c2)c1C. The number of fused-ring (bicyclic) bond motifs is 1. The summed E-state index contributed by atoms with van der Waals surface area (Å²) in [6, 6.07) is 12.3. The highest BCUT2D eigenvalue weighted by Crippen LogP contribution is 2.38. The summed E-state index contributed by atoms with van der Waals surface area (Å²) in [6.45, 7) is 1.67. The molecule has 0 saturated carbocycles. The van der Waals surface area contributed by atoms with Crippen LogP contribution in [0.3, 0.4) is 0 Å². The number of carbonyl (C=O) groups excluding carboxylic acids is 2. The number of methoxy groups -OCH3 is 1. The van der Waals surface area contributed by atoms with Gasteiger partial charge >= 0.3 is 5.97 Å². The molecule has 1 aliphatic rings. The number of carbonyl (C=O) groups is 2. The van der Waals surface area contributed by atoms with Crippen LogP contribution in [-0.4, -0.2) is 28.5 Å². The third kappa shape index (κ3) is 3.56. The second-order valence-electron chi connectivity index (χ2n) is 6.97. The van der Waals surface area contributed by atoms with Gasteiger partial charge in [-0.25, -0.2) is 4.79 Å². The fourth-order valence-electron chi connectivity index (χ4n) is 3.70. The van der Waals surface area contributed by atoms with Gasteiger partial charge in [0.25, 0.3) is 0 Å². The number of benzene rings is 2. The normalized spacial score (nSPS) is 14.1. The largest absolute Gasteiger partial charge is 0.494 e. The van der Waals surface area contributed by atoms with E-state index in [0.717, 1.165) is 5.56 Å². The highest BCUT2D eigenvalue weighted by Gasteiger charge is 2.27. The Morgan fingerprint density at radius 3 is 2.55 bits per heavy atom. The molecule has 0 aliphatic heterocycles. The molecule has 5 nitrogen and oxygen atoms in total. The fourth-order valence-corrected chi connectivity index (χ4v) is 4.00. The first-order valence-corrected chi connectivity index (χ1v) is 10.1. The molecule has 1 N–H and O–H groups in total. The third-order valence-electron chi connectivity index (χ3n) is 5.19. The summed E-state index contributed by atoms with van der Waals surface area (Å²) in [5, 5.41) is 11.8. The summed E-state index contributed by atoms with van der Waals surface area (Å²) in [5.74, 6) is -1.08. The number of rotatable bonds is 3. The van der Waals surface area contributed by atoms with Gasteiger partial charge in [-0.1, -0.05) is 53.5 Å². The van der Waals surface area contributed by atoms with Crippen LogP contribution < -0.4 is 0 Å². The van der Waals surface area contributed by atoms with E-state index < -0.39 is 5.97 Å². The van der Waals surface area contributed by atoms with Gasteiger partial charge in [-0.05, 0) is 48.4 Å². The summed E-state index contributed by atoms with van der Waals surface area (Å²) in [4.78, 5) is 25.3. The summed E-state index contributed by atoms with van der Waals surface area (Å²) < 4.78 is 6.42. The van der Waals surface area contributed by atoms with Crippen LogP contribution in [-0.2, 0) is 9.53 Å². The summed E-state index contributed by atoms with van der Waals surface area (Å²) in [7, 11) is 1.26. The number of esters is 1. The molecule has 31 heavy (non-hydrogen) atoms. The number of aromatic nitrogens is 1. The molecule has 0 fully saturated rings. The van der Waals surface area contributed by atoms with Crippen molar-refractivity contribution in [1.82, 2.24) is 4.57 Å². The number of hydrogen-bond donors (Lipinski definition) is 1. The second kappa shape index (κ2) is 8.10. The lowest BCUT2D eigenvalue weighted by molar-refractivity contribution is -0.109. The van der Waals surface area contributed by atoms with E-state index in [1.165, 1.54) is 23.8 Å². The Morgan fingerprint density at radius 2 is 1.84 bits per heavy atom. The minimum Gasteiger partial charge on any atom is -0.494 e. The quantitative estimate of drug-likeness (QED) is 0.406. The minimum absolute atomic E-state index is 0.151. The van der Waals surface area contributed by atoms with Gasteiger partial charge in [-0.2, -0.15) is 0 Å². The number of nitrogens with zero attached hydrogens (tertiary/aromatic N) is 1. The van der Waals surface area contributed by atoms with Crippen molar-refractivity contribution in [3.05, 3.63) is 86.5 Å². The molecule has 2 aromatic carbocycles. The zero-order valence-corrected chi connectivity index (χ0v) is 18.2. The molecule has 1 aromatic heterocycles. The zero-order valence-electron chi connectivity index (χ0n) is 16.6. The van der Waals surface area contributed by atoms with Crippen LogP contribution in [0, 0.1) is 6.92 Å². The molecule has 0 unspecified atom stereocenters. The van der Waals surface area contributed by atoms with Crippen molar-refractivity contribution in [2.45, 2.75) is 6.92 Å². The van der Waals surface area contributed by atoms with Gasteiger partial charge in [0, 0.05) is 11.3 Å². The maximum atomic E-state index is 12.7. The minimum atomic E-state index is -0.634. The molecule has 1 heterocycles. The van der Waals surface area contributed by atoms with Crippen molar-refractivity contribution >= 4 is 52.7 Å². The molecular weight excluding hydrogens is 437 g/mol. The maximum Gasteiger partial charge on any atom is 0.340 e. The summed E-state index contributed by atoms with van der Waals surface area (Å²) in [5.41, 5.74) is 3.22. The van der Waals surface area contributed by atoms with Gasteiger partial charge in [-0.3, -0.25) is 9.36 Å². The van der Waals surface area contributed by atoms with E-state index in [2.05, 4.69) is 0 Å². The number of ketones is 1. The van der Waals surface area contributed by atoms with Crippen molar-refractivity contribution in [3.8, 4) is 11.6 Å². The first-order chi connectivity index (χ1) is 14.8. The van der Waals surface area contributed by atoms with Crippen LogP contribution in [0.2, 0.25) is 10.0 Å². The molecule has 0 saturated heterocycles. The topological polar surface area (TPSA) is 68.5 Å². The molecule has 0 radical (unpaired) electrons. The second-order valence-corrected chi connectivity index (χ2v) is 7.78. The van der Waals surface area contributed by atoms with Gasteiger partial charge in [0.2, 0.25) is 5.88 Å². The molecule has 1 aliphatic carbocycles. The number of allylic oxidation sites excluding steroid dienone is 2.